The SMILES string of the molecule is CN(C)C(=O)CN=C(NCCNS(C)(=O)=O)N1CC2C3CCC(O3)C2C1.I. The maximum atomic E-state index is 11.9. The van der Waals surface area contributed by atoms with Crippen LogP contribution in [0.1, 0.15) is 12.8 Å². The van der Waals surface area contributed by atoms with Gasteiger partial charge in [-0.05, 0) is 12.8 Å². The van der Waals surface area contributed by atoms with Gasteiger partial charge in [0.25, 0.3) is 0 Å². The van der Waals surface area contributed by atoms with Crippen molar-refractivity contribution in [1.82, 2.24) is 19.8 Å². The summed E-state index contributed by atoms with van der Waals surface area (Å²) < 4.78 is 30.8. The van der Waals surface area contributed by atoms with Crippen LogP contribution < -0.4 is 10.0 Å². The van der Waals surface area contributed by atoms with E-state index in [1.165, 1.54) is 4.90 Å². The van der Waals surface area contributed by atoms with Gasteiger partial charge in [0, 0.05) is 52.1 Å². The second-order valence-electron chi connectivity index (χ2n) is 7.54. The summed E-state index contributed by atoms with van der Waals surface area (Å²) in [7, 11) is 0.192. The first kappa shape index (κ1) is 22.6. The number of likely N-dealkylation sites (N-methyl/N-ethyl adjacent to an activating group) is 1. The van der Waals surface area contributed by atoms with E-state index in [2.05, 4.69) is 19.9 Å². The molecule has 27 heavy (non-hydrogen) atoms. The molecule has 9 nitrogen and oxygen atoms in total. The first-order chi connectivity index (χ1) is 12.2. The van der Waals surface area contributed by atoms with Crippen molar-refractivity contribution in [2.24, 2.45) is 16.8 Å². The molecule has 0 saturated carbocycles. The Kier molecular flexibility index (Phi) is 7.73. The lowest BCUT2D eigenvalue weighted by atomic mass is 9.82. The molecule has 11 heteroatoms. The Hall–Kier alpha value is -0.660. The van der Waals surface area contributed by atoms with Gasteiger partial charge in [-0.1, -0.05) is 0 Å². The monoisotopic (exact) mass is 515 g/mol. The van der Waals surface area contributed by atoms with E-state index >= 15 is 0 Å². The van der Waals surface area contributed by atoms with Crippen LogP contribution in [-0.4, -0.2) is 95.4 Å². The average Bonchev–Trinajstić information content (AvgIpc) is 3.25. The van der Waals surface area contributed by atoms with Crippen molar-refractivity contribution in [2.75, 3.05) is 53.1 Å². The van der Waals surface area contributed by atoms with Gasteiger partial charge in [-0.25, -0.2) is 18.1 Å². The van der Waals surface area contributed by atoms with E-state index in [0.29, 0.717) is 36.5 Å². The van der Waals surface area contributed by atoms with Crippen molar-refractivity contribution in [1.29, 1.82) is 0 Å². The molecule has 4 unspecified atom stereocenters. The molecule has 1 amide bonds. The molecule has 0 aromatic heterocycles. The Morgan fingerprint density at radius 1 is 1.19 bits per heavy atom. The molecule has 3 aliphatic rings. The van der Waals surface area contributed by atoms with Crippen LogP contribution >= 0.6 is 24.0 Å². The van der Waals surface area contributed by atoms with Gasteiger partial charge < -0.3 is 19.9 Å². The van der Waals surface area contributed by atoms with Gasteiger partial charge in [-0.3, -0.25) is 4.79 Å². The number of fused-ring (bicyclic) bond motifs is 5. The van der Waals surface area contributed by atoms with Crippen LogP contribution in [0.2, 0.25) is 0 Å². The number of carbonyl (C=O) groups is 1. The Morgan fingerprint density at radius 3 is 2.30 bits per heavy atom. The van der Waals surface area contributed by atoms with Crippen molar-refractivity contribution in [3.8, 4) is 0 Å². The van der Waals surface area contributed by atoms with Gasteiger partial charge in [0.15, 0.2) is 5.96 Å². The van der Waals surface area contributed by atoms with Crippen molar-refractivity contribution in [3.63, 3.8) is 0 Å². The standard InChI is InChI=1S/C16H29N5O4S.HI/c1-20(2)15(22)8-18-16(17-6-7-19-26(3,23)24)21-9-11-12(10-21)14-5-4-13(11)25-14;/h11-14,19H,4-10H2,1-3H3,(H,17,18);1H. The van der Waals surface area contributed by atoms with Gasteiger partial charge in [-0.2, -0.15) is 0 Å². The van der Waals surface area contributed by atoms with Gasteiger partial charge in [0.05, 0.1) is 18.5 Å². The van der Waals surface area contributed by atoms with Gasteiger partial charge in [0.1, 0.15) is 6.54 Å². The molecule has 3 rings (SSSR count). The highest BCUT2D eigenvalue weighted by atomic mass is 127. The Morgan fingerprint density at radius 2 is 1.78 bits per heavy atom. The highest BCUT2D eigenvalue weighted by molar-refractivity contribution is 14.0. The fourth-order valence-electron chi connectivity index (χ4n) is 4.10. The second kappa shape index (κ2) is 9.23. The number of sulfonamides is 1. The average molecular weight is 515 g/mol. The van der Waals surface area contributed by atoms with E-state index < -0.39 is 10.0 Å². The highest BCUT2D eigenvalue weighted by Gasteiger charge is 2.53. The van der Waals surface area contributed by atoms with Crippen LogP contribution in [0.5, 0.6) is 0 Å². The summed E-state index contributed by atoms with van der Waals surface area (Å²) >= 11 is 0. The number of likely N-dealkylation sites (tertiary alicyclic amines) is 1. The number of aliphatic imine (C=N–C) groups is 1. The van der Waals surface area contributed by atoms with E-state index in [-0.39, 0.29) is 43.0 Å². The molecular weight excluding hydrogens is 485 g/mol. The number of halogens is 1. The summed E-state index contributed by atoms with van der Waals surface area (Å²) in [5.74, 6) is 1.66. The fourth-order valence-corrected chi connectivity index (χ4v) is 4.57. The molecule has 156 valence electrons. The highest BCUT2D eigenvalue weighted by Crippen LogP contribution is 2.47. The molecule has 0 radical (unpaired) electrons. The molecule has 0 spiro atoms. The van der Waals surface area contributed by atoms with Crippen LogP contribution in [0.3, 0.4) is 0 Å². The van der Waals surface area contributed by atoms with E-state index in [9.17, 15) is 13.2 Å². The number of carbonyl (C=O) groups excluding carboxylic acids is 1. The number of amides is 1. The molecular formula is C16H30IN5O4S. The zero-order chi connectivity index (χ0) is 18.9. The lowest BCUT2D eigenvalue weighted by Crippen LogP contribution is -2.44. The minimum absolute atomic E-state index is 0. The number of ether oxygens (including phenoxy) is 1. The second-order valence-corrected chi connectivity index (χ2v) is 9.38. The van der Waals surface area contributed by atoms with E-state index in [4.69, 9.17) is 4.74 Å². The Bertz CT molecular complexity index is 654. The maximum absolute atomic E-state index is 11.9. The van der Waals surface area contributed by atoms with Gasteiger partial charge in [0.2, 0.25) is 15.9 Å². The smallest absolute Gasteiger partial charge is 0.243 e. The van der Waals surface area contributed by atoms with Crippen LogP contribution in [0.25, 0.3) is 0 Å². The van der Waals surface area contributed by atoms with Crippen molar-refractivity contribution in [2.45, 2.75) is 25.0 Å². The number of hydrogen-bond acceptors (Lipinski definition) is 5. The molecule has 0 aliphatic carbocycles. The van der Waals surface area contributed by atoms with Crippen molar-refractivity contribution >= 4 is 45.9 Å². The molecule has 3 fully saturated rings. The Balaban J connectivity index is 0.00000261. The summed E-state index contributed by atoms with van der Waals surface area (Å²) in [6.07, 6.45) is 4.11. The van der Waals surface area contributed by atoms with Gasteiger partial charge in [-0.15, -0.1) is 24.0 Å². The van der Waals surface area contributed by atoms with Crippen LogP contribution in [0, 0.1) is 11.8 Å². The van der Waals surface area contributed by atoms with Crippen LogP contribution in [-0.2, 0) is 19.6 Å². The summed E-state index contributed by atoms with van der Waals surface area (Å²) in [6, 6.07) is 0. The maximum Gasteiger partial charge on any atom is 0.243 e. The molecule has 0 aromatic rings. The third-order valence-corrected chi connectivity index (χ3v) is 6.12. The lowest BCUT2D eigenvalue weighted by Gasteiger charge is -2.24. The molecule has 2 N–H and O–H groups in total. The van der Waals surface area contributed by atoms with Crippen LogP contribution in [0.15, 0.2) is 4.99 Å². The fraction of sp³-hybridized carbons (Fsp3) is 0.875. The number of nitrogens with one attached hydrogen (secondary N) is 2. The zero-order valence-electron chi connectivity index (χ0n) is 16.1. The predicted molar refractivity (Wildman–Crippen MR) is 114 cm³/mol. The molecule has 3 saturated heterocycles. The number of hydrogen-bond donors (Lipinski definition) is 2. The first-order valence-corrected chi connectivity index (χ1v) is 11.0. The van der Waals surface area contributed by atoms with Crippen molar-refractivity contribution < 1.29 is 17.9 Å². The number of guanidine groups is 1. The van der Waals surface area contributed by atoms with Crippen LogP contribution in [0.4, 0.5) is 0 Å². The minimum atomic E-state index is -3.22. The summed E-state index contributed by atoms with van der Waals surface area (Å²) in [5.41, 5.74) is 0. The topological polar surface area (TPSA) is 103 Å². The van der Waals surface area contributed by atoms with Crippen molar-refractivity contribution in [3.05, 3.63) is 0 Å². The Labute approximate surface area is 178 Å². The molecule has 3 heterocycles. The van der Waals surface area contributed by atoms with Gasteiger partial charge >= 0.3 is 0 Å². The van der Waals surface area contributed by atoms with E-state index in [1.807, 2.05) is 0 Å². The molecule has 0 aromatic carbocycles. The molecule has 2 bridgehead atoms. The first-order valence-electron chi connectivity index (χ1n) is 9.08. The largest absolute Gasteiger partial charge is 0.374 e. The normalized spacial score (nSPS) is 29.4. The minimum Gasteiger partial charge on any atom is -0.374 e. The van der Waals surface area contributed by atoms with E-state index in [0.717, 1.165) is 32.2 Å². The molecule has 4 atom stereocenters. The predicted octanol–water partition coefficient (Wildman–Crippen LogP) is -0.703. The molecule has 3 aliphatic heterocycles. The third kappa shape index (κ3) is 5.67. The summed E-state index contributed by atoms with van der Waals surface area (Å²) in [5, 5.41) is 3.21. The summed E-state index contributed by atoms with van der Waals surface area (Å²) in [6.45, 7) is 2.50. The zero-order valence-corrected chi connectivity index (χ0v) is 19.2. The lowest BCUT2D eigenvalue weighted by molar-refractivity contribution is -0.127. The number of rotatable bonds is 6. The third-order valence-electron chi connectivity index (χ3n) is 5.39. The summed E-state index contributed by atoms with van der Waals surface area (Å²) in [4.78, 5) is 20.1. The number of nitrogens with zero attached hydrogens (tertiary/aromatic N) is 3. The quantitative estimate of drug-likeness (QED) is 0.210. The van der Waals surface area contributed by atoms with E-state index in [1.54, 1.807) is 14.1 Å².